The van der Waals surface area contributed by atoms with E-state index in [4.69, 9.17) is 4.52 Å². The van der Waals surface area contributed by atoms with E-state index in [1.165, 1.54) is 19.3 Å². The summed E-state index contributed by atoms with van der Waals surface area (Å²) < 4.78 is 7.54. The van der Waals surface area contributed by atoms with Crippen molar-refractivity contribution in [3.63, 3.8) is 0 Å². The quantitative estimate of drug-likeness (QED) is 0.700. The van der Waals surface area contributed by atoms with Crippen LogP contribution < -0.4 is 0 Å². The molecule has 0 atom stereocenters. The molecule has 1 fully saturated rings. The summed E-state index contributed by atoms with van der Waals surface area (Å²) in [6, 6.07) is 10.3. The van der Waals surface area contributed by atoms with Crippen molar-refractivity contribution >= 4 is 0 Å². The predicted molar refractivity (Wildman–Crippen MR) is 92.5 cm³/mol. The Morgan fingerprint density at radius 2 is 1.96 bits per heavy atom. The van der Waals surface area contributed by atoms with E-state index in [1.54, 1.807) is 0 Å². The van der Waals surface area contributed by atoms with Crippen LogP contribution in [0.5, 0.6) is 0 Å². The van der Waals surface area contributed by atoms with E-state index in [1.807, 2.05) is 29.1 Å². The van der Waals surface area contributed by atoms with Crippen molar-refractivity contribution in [1.82, 2.24) is 19.9 Å². The first kappa shape index (κ1) is 15.1. The Bertz CT molecular complexity index is 814. The van der Waals surface area contributed by atoms with Gasteiger partial charge < -0.3 is 4.52 Å². The number of aromatic nitrogens is 4. The van der Waals surface area contributed by atoms with E-state index < -0.39 is 0 Å². The standard InChI is InChI=1S/C19H22N4O/c1-2-23-17(11-12-20-23)15-9-6-10-16(13-15)18-21-19(24-22-18)14-7-4-3-5-8-14/h6,9-14H,2-5,7-8H2,1H3. The third kappa shape index (κ3) is 2.86. The first-order valence-electron chi connectivity index (χ1n) is 8.81. The van der Waals surface area contributed by atoms with E-state index in [-0.39, 0.29) is 0 Å². The van der Waals surface area contributed by atoms with Gasteiger partial charge in [-0.3, -0.25) is 4.68 Å². The maximum atomic E-state index is 5.56. The molecule has 0 amide bonds. The van der Waals surface area contributed by atoms with Gasteiger partial charge in [0.1, 0.15) is 0 Å². The molecule has 1 aliphatic rings. The Morgan fingerprint density at radius 1 is 1.12 bits per heavy atom. The topological polar surface area (TPSA) is 56.7 Å². The van der Waals surface area contributed by atoms with Gasteiger partial charge in [0.25, 0.3) is 0 Å². The largest absolute Gasteiger partial charge is 0.339 e. The van der Waals surface area contributed by atoms with Gasteiger partial charge in [-0.2, -0.15) is 10.1 Å². The SMILES string of the molecule is CCn1nccc1-c1cccc(-c2noc(C3CCCCC3)n2)c1. The summed E-state index contributed by atoms with van der Waals surface area (Å²) >= 11 is 0. The van der Waals surface area contributed by atoms with Gasteiger partial charge in [-0.1, -0.05) is 42.6 Å². The zero-order chi connectivity index (χ0) is 16.4. The average molecular weight is 322 g/mol. The van der Waals surface area contributed by atoms with Gasteiger partial charge in [0.05, 0.1) is 5.69 Å². The highest BCUT2D eigenvalue weighted by molar-refractivity contribution is 5.67. The highest BCUT2D eigenvalue weighted by Gasteiger charge is 2.22. The fourth-order valence-corrected chi connectivity index (χ4v) is 3.52. The molecule has 1 aliphatic carbocycles. The van der Waals surface area contributed by atoms with E-state index in [2.05, 4.69) is 34.3 Å². The molecule has 2 aromatic heterocycles. The molecule has 0 radical (unpaired) electrons. The first-order valence-corrected chi connectivity index (χ1v) is 8.81. The van der Waals surface area contributed by atoms with Crippen LogP contribution in [0.25, 0.3) is 22.6 Å². The molecule has 1 saturated carbocycles. The van der Waals surface area contributed by atoms with Crippen LogP contribution >= 0.6 is 0 Å². The molecule has 5 heteroatoms. The minimum atomic E-state index is 0.435. The smallest absolute Gasteiger partial charge is 0.230 e. The van der Waals surface area contributed by atoms with Crippen molar-refractivity contribution in [2.75, 3.05) is 0 Å². The molecule has 5 nitrogen and oxygen atoms in total. The van der Waals surface area contributed by atoms with Crippen LogP contribution in [-0.4, -0.2) is 19.9 Å². The molecule has 0 aliphatic heterocycles. The van der Waals surface area contributed by atoms with Crippen molar-refractivity contribution in [1.29, 1.82) is 0 Å². The van der Waals surface area contributed by atoms with Gasteiger partial charge >= 0.3 is 0 Å². The molecule has 0 saturated heterocycles. The zero-order valence-corrected chi connectivity index (χ0v) is 14.0. The molecular weight excluding hydrogens is 300 g/mol. The highest BCUT2D eigenvalue weighted by Crippen LogP contribution is 2.33. The molecule has 2 heterocycles. The lowest BCUT2D eigenvalue weighted by Crippen LogP contribution is -2.04. The van der Waals surface area contributed by atoms with Crippen LogP contribution in [0.15, 0.2) is 41.1 Å². The third-order valence-electron chi connectivity index (χ3n) is 4.83. The fraction of sp³-hybridized carbons (Fsp3) is 0.421. The monoisotopic (exact) mass is 322 g/mol. The molecule has 0 spiro atoms. The highest BCUT2D eigenvalue weighted by atomic mass is 16.5. The molecule has 0 unspecified atom stereocenters. The lowest BCUT2D eigenvalue weighted by atomic mass is 9.89. The van der Waals surface area contributed by atoms with Crippen molar-refractivity contribution in [3.05, 3.63) is 42.4 Å². The lowest BCUT2D eigenvalue weighted by molar-refractivity contribution is 0.314. The maximum absolute atomic E-state index is 5.56. The van der Waals surface area contributed by atoms with Crippen molar-refractivity contribution in [3.8, 4) is 22.6 Å². The molecule has 24 heavy (non-hydrogen) atoms. The zero-order valence-electron chi connectivity index (χ0n) is 14.0. The molecule has 0 bridgehead atoms. The van der Waals surface area contributed by atoms with Gasteiger partial charge in [0.2, 0.25) is 11.7 Å². The Morgan fingerprint density at radius 3 is 2.79 bits per heavy atom. The van der Waals surface area contributed by atoms with Gasteiger partial charge in [-0.15, -0.1) is 0 Å². The number of hydrogen-bond donors (Lipinski definition) is 0. The number of nitrogens with zero attached hydrogens (tertiary/aromatic N) is 4. The minimum absolute atomic E-state index is 0.435. The van der Waals surface area contributed by atoms with Crippen LogP contribution in [0.1, 0.15) is 50.8 Å². The second-order valence-electron chi connectivity index (χ2n) is 6.40. The van der Waals surface area contributed by atoms with Gasteiger partial charge in [-0.25, -0.2) is 0 Å². The van der Waals surface area contributed by atoms with Crippen LogP contribution in [0, 0.1) is 0 Å². The molecule has 0 N–H and O–H groups in total. The second kappa shape index (κ2) is 6.59. The maximum Gasteiger partial charge on any atom is 0.230 e. The number of aryl methyl sites for hydroxylation is 1. The van der Waals surface area contributed by atoms with E-state index >= 15 is 0 Å². The number of benzene rings is 1. The normalized spacial score (nSPS) is 15.7. The fourth-order valence-electron chi connectivity index (χ4n) is 3.52. The average Bonchev–Trinajstić information content (AvgIpc) is 3.32. The van der Waals surface area contributed by atoms with Crippen LogP contribution in [0.2, 0.25) is 0 Å². The van der Waals surface area contributed by atoms with Crippen molar-refractivity contribution in [2.24, 2.45) is 0 Å². The molecule has 3 aromatic rings. The summed E-state index contributed by atoms with van der Waals surface area (Å²) in [6.07, 6.45) is 8.01. The van der Waals surface area contributed by atoms with Gasteiger partial charge in [0, 0.05) is 29.8 Å². The summed E-state index contributed by atoms with van der Waals surface area (Å²) in [5.41, 5.74) is 3.22. The Labute approximate surface area is 141 Å². The van der Waals surface area contributed by atoms with Crippen LogP contribution in [-0.2, 0) is 6.54 Å². The molecule has 124 valence electrons. The van der Waals surface area contributed by atoms with E-state index in [0.717, 1.165) is 42.1 Å². The van der Waals surface area contributed by atoms with Gasteiger partial charge in [0.15, 0.2) is 0 Å². The molecule has 1 aromatic carbocycles. The van der Waals surface area contributed by atoms with E-state index in [0.29, 0.717) is 11.7 Å². The summed E-state index contributed by atoms with van der Waals surface area (Å²) in [6.45, 7) is 2.94. The lowest BCUT2D eigenvalue weighted by Gasteiger charge is -2.17. The molecule has 4 rings (SSSR count). The molecular formula is C19H22N4O. The van der Waals surface area contributed by atoms with Crippen LogP contribution in [0.4, 0.5) is 0 Å². The number of hydrogen-bond acceptors (Lipinski definition) is 4. The Kier molecular flexibility index (Phi) is 4.15. The second-order valence-corrected chi connectivity index (χ2v) is 6.40. The summed E-state index contributed by atoms with van der Waals surface area (Å²) in [4.78, 5) is 4.67. The van der Waals surface area contributed by atoms with Gasteiger partial charge in [-0.05, 0) is 31.9 Å². The van der Waals surface area contributed by atoms with Crippen molar-refractivity contribution < 1.29 is 4.52 Å². The van der Waals surface area contributed by atoms with Crippen LogP contribution in [0.3, 0.4) is 0 Å². The first-order chi connectivity index (χ1) is 11.8. The summed E-state index contributed by atoms with van der Waals surface area (Å²) in [5, 5.41) is 8.56. The Balaban J connectivity index is 1.63. The number of rotatable bonds is 4. The summed E-state index contributed by atoms with van der Waals surface area (Å²) in [7, 11) is 0. The third-order valence-corrected chi connectivity index (χ3v) is 4.83. The Hall–Kier alpha value is -2.43. The van der Waals surface area contributed by atoms with Crippen molar-refractivity contribution in [2.45, 2.75) is 51.5 Å². The van der Waals surface area contributed by atoms with E-state index in [9.17, 15) is 0 Å². The summed E-state index contributed by atoms with van der Waals surface area (Å²) in [5.74, 6) is 1.92. The predicted octanol–water partition coefficient (Wildman–Crippen LogP) is 4.67. The minimum Gasteiger partial charge on any atom is -0.339 e.